The lowest BCUT2D eigenvalue weighted by molar-refractivity contribution is -0.114. The maximum atomic E-state index is 12.3. The first-order valence-corrected chi connectivity index (χ1v) is 9.63. The highest BCUT2D eigenvalue weighted by Crippen LogP contribution is 2.44. The number of ether oxygens (including phenoxy) is 1. The molecule has 2 bridgehead atoms. The van der Waals surface area contributed by atoms with Gasteiger partial charge in [0.05, 0.1) is 11.2 Å². The summed E-state index contributed by atoms with van der Waals surface area (Å²) in [5.41, 5.74) is 0.371. The summed E-state index contributed by atoms with van der Waals surface area (Å²) >= 11 is 3.34. The fraction of sp³-hybridized carbons (Fsp3) is 0.500. The molecule has 0 aromatic heterocycles. The third-order valence-corrected chi connectivity index (χ3v) is 5.89. The van der Waals surface area contributed by atoms with Crippen molar-refractivity contribution in [1.82, 2.24) is 4.90 Å². The molecular weight excluding hydrogens is 418 g/mol. The highest BCUT2D eigenvalue weighted by Gasteiger charge is 2.52. The average molecular weight is 440 g/mol. The van der Waals surface area contributed by atoms with E-state index in [-0.39, 0.29) is 18.6 Å². The summed E-state index contributed by atoms with van der Waals surface area (Å²) in [7, 11) is 0. The molecule has 0 aliphatic carbocycles. The number of carbonyl (C=O) groups excluding carboxylic acids is 2. The Morgan fingerprint density at radius 3 is 2.78 bits per heavy atom. The smallest absolute Gasteiger partial charge is 0.411 e. The van der Waals surface area contributed by atoms with Crippen molar-refractivity contribution in [3.8, 4) is 0 Å². The molecule has 2 heterocycles. The third kappa shape index (κ3) is 4.18. The standard InChI is InChI=1S/C18H22BrN3O5/c1-11(23)20-12-4-5-14(19)15(9-12)21-16(24)27-10-18-7-2-3-13(6-8-18)22(18)17(25)26/h4-5,9,13H,2-3,6-8,10H2,1H3,(H,20,23)(H,21,24)(H,25,26)/t13-,18+/m1/s1. The molecule has 1 aromatic carbocycles. The number of rotatable bonds is 4. The maximum absolute atomic E-state index is 12.3. The van der Waals surface area contributed by atoms with Gasteiger partial charge in [-0.3, -0.25) is 15.0 Å². The Labute approximate surface area is 165 Å². The molecule has 9 heteroatoms. The number of fused-ring (bicyclic) bond motifs is 2. The Bertz CT molecular complexity index is 767. The van der Waals surface area contributed by atoms with Gasteiger partial charge in [0.1, 0.15) is 6.61 Å². The summed E-state index contributed by atoms with van der Waals surface area (Å²) in [4.78, 5) is 36.6. The van der Waals surface area contributed by atoms with Crippen molar-refractivity contribution >= 4 is 45.4 Å². The van der Waals surface area contributed by atoms with Gasteiger partial charge < -0.3 is 15.2 Å². The second kappa shape index (κ2) is 7.75. The molecular formula is C18H22BrN3O5. The molecule has 3 amide bonds. The van der Waals surface area contributed by atoms with E-state index < -0.39 is 17.7 Å². The van der Waals surface area contributed by atoms with E-state index in [9.17, 15) is 19.5 Å². The molecule has 3 rings (SSSR count). The number of halogens is 1. The molecule has 27 heavy (non-hydrogen) atoms. The first-order valence-electron chi connectivity index (χ1n) is 8.84. The van der Waals surface area contributed by atoms with E-state index in [4.69, 9.17) is 4.74 Å². The first kappa shape index (κ1) is 19.5. The van der Waals surface area contributed by atoms with Gasteiger partial charge in [-0.2, -0.15) is 0 Å². The van der Waals surface area contributed by atoms with Gasteiger partial charge in [-0.15, -0.1) is 0 Å². The minimum Gasteiger partial charge on any atom is -0.465 e. The maximum Gasteiger partial charge on any atom is 0.411 e. The zero-order valence-electron chi connectivity index (χ0n) is 15.0. The third-order valence-electron chi connectivity index (χ3n) is 5.20. The molecule has 1 aromatic rings. The van der Waals surface area contributed by atoms with Crippen molar-refractivity contribution in [2.24, 2.45) is 0 Å². The van der Waals surface area contributed by atoms with Crippen LogP contribution in [0.4, 0.5) is 21.0 Å². The molecule has 2 atom stereocenters. The number of nitrogens with one attached hydrogen (secondary N) is 2. The van der Waals surface area contributed by atoms with Crippen LogP contribution in [-0.2, 0) is 9.53 Å². The van der Waals surface area contributed by atoms with Crippen LogP contribution in [0.25, 0.3) is 0 Å². The predicted molar refractivity (Wildman–Crippen MR) is 103 cm³/mol. The minimum absolute atomic E-state index is 0.0198. The number of nitrogens with zero attached hydrogens (tertiary/aromatic N) is 1. The monoisotopic (exact) mass is 439 g/mol. The van der Waals surface area contributed by atoms with Crippen molar-refractivity contribution < 1.29 is 24.2 Å². The molecule has 2 saturated heterocycles. The van der Waals surface area contributed by atoms with E-state index in [1.54, 1.807) is 18.2 Å². The van der Waals surface area contributed by atoms with Crippen molar-refractivity contribution in [2.45, 2.75) is 50.6 Å². The summed E-state index contributed by atoms with van der Waals surface area (Å²) < 4.78 is 6.04. The van der Waals surface area contributed by atoms with Crippen LogP contribution in [0.3, 0.4) is 0 Å². The van der Waals surface area contributed by atoms with Crippen molar-refractivity contribution in [2.75, 3.05) is 17.2 Å². The summed E-state index contributed by atoms with van der Waals surface area (Å²) in [6.45, 7) is 1.43. The lowest BCUT2D eigenvalue weighted by Gasteiger charge is -2.42. The normalized spacial score (nSPS) is 23.6. The topological polar surface area (TPSA) is 108 Å². The number of carbonyl (C=O) groups is 3. The molecule has 2 fully saturated rings. The Kier molecular flexibility index (Phi) is 5.59. The number of carboxylic acid groups (broad SMARTS) is 1. The number of hydrogen-bond acceptors (Lipinski definition) is 4. The van der Waals surface area contributed by atoms with E-state index in [2.05, 4.69) is 26.6 Å². The predicted octanol–water partition coefficient (Wildman–Crippen LogP) is 4.02. The van der Waals surface area contributed by atoms with Crippen LogP contribution in [0, 0.1) is 0 Å². The Balaban J connectivity index is 1.65. The van der Waals surface area contributed by atoms with Crippen molar-refractivity contribution in [3.05, 3.63) is 22.7 Å². The van der Waals surface area contributed by atoms with E-state index in [0.29, 0.717) is 28.7 Å². The second-order valence-corrected chi connectivity index (χ2v) is 7.89. The largest absolute Gasteiger partial charge is 0.465 e. The van der Waals surface area contributed by atoms with Gasteiger partial charge in [0.15, 0.2) is 0 Å². The number of anilines is 2. The van der Waals surface area contributed by atoms with Crippen molar-refractivity contribution in [1.29, 1.82) is 0 Å². The van der Waals surface area contributed by atoms with Gasteiger partial charge in [-0.1, -0.05) is 0 Å². The quantitative estimate of drug-likeness (QED) is 0.656. The summed E-state index contributed by atoms with van der Waals surface area (Å²) in [5, 5.41) is 14.8. The number of piperidine rings is 1. The molecule has 146 valence electrons. The second-order valence-electron chi connectivity index (χ2n) is 7.04. The van der Waals surface area contributed by atoms with Crippen LogP contribution in [0.5, 0.6) is 0 Å². The lowest BCUT2D eigenvalue weighted by atomic mass is 9.89. The minimum atomic E-state index is -0.952. The van der Waals surface area contributed by atoms with Gasteiger partial charge >= 0.3 is 12.2 Å². The summed E-state index contributed by atoms with van der Waals surface area (Å²) in [6, 6.07) is 5.04. The van der Waals surface area contributed by atoms with Crippen LogP contribution >= 0.6 is 15.9 Å². The highest BCUT2D eigenvalue weighted by molar-refractivity contribution is 9.10. The zero-order valence-corrected chi connectivity index (χ0v) is 16.5. The average Bonchev–Trinajstić information content (AvgIpc) is 2.83. The van der Waals surface area contributed by atoms with Gasteiger partial charge in [0.25, 0.3) is 0 Å². The number of amides is 3. The van der Waals surface area contributed by atoms with Crippen molar-refractivity contribution in [3.63, 3.8) is 0 Å². The van der Waals surface area contributed by atoms with Gasteiger partial charge in [-0.05, 0) is 66.2 Å². The molecule has 0 spiro atoms. The molecule has 2 aliphatic heterocycles. The van der Waals surface area contributed by atoms with E-state index in [0.717, 1.165) is 19.3 Å². The van der Waals surface area contributed by atoms with Crippen LogP contribution in [0.2, 0.25) is 0 Å². The first-order chi connectivity index (χ1) is 12.8. The highest BCUT2D eigenvalue weighted by atomic mass is 79.9. The molecule has 3 N–H and O–H groups in total. The van der Waals surface area contributed by atoms with E-state index in [1.165, 1.54) is 11.8 Å². The number of hydrogen-bond donors (Lipinski definition) is 3. The number of benzene rings is 1. The van der Waals surface area contributed by atoms with Crippen LogP contribution in [0.15, 0.2) is 22.7 Å². The summed E-state index contributed by atoms with van der Waals surface area (Å²) in [6.07, 6.45) is 2.40. The van der Waals surface area contributed by atoms with Gasteiger partial charge in [-0.25, -0.2) is 9.59 Å². The SMILES string of the molecule is CC(=O)Nc1ccc(Br)c(NC(=O)OC[C@]23CCC[C@H](CC2)N3C(=O)O)c1. The van der Waals surface area contributed by atoms with Crippen LogP contribution in [0.1, 0.15) is 39.0 Å². The van der Waals surface area contributed by atoms with Gasteiger partial charge in [0.2, 0.25) is 5.91 Å². The van der Waals surface area contributed by atoms with E-state index >= 15 is 0 Å². The Morgan fingerprint density at radius 1 is 1.30 bits per heavy atom. The fourth-order valence-corrected chi connectivity index (χ4v) is 4.42. The van der Waals surface area contributed by atoms with E-state index in [1.807, 2.05) is 0 Å². The Hall–Kier alpha value is -2.29. The fourth-order valence-electron chi connectivity index (χ4n) is 4.08. The molecule has 0 saturated carbocycles. The Morgan fingerprint density at radius 2 is 2.07 bits per heavy atom. The van der Waals surface area contributed by atoms with Crippen LogP contribution in [-0.4, -0.2) is 46.3 Å². The molecule has 0 unspecified atom stereocenters. The molecule has 8 nitrogen and oxygen atoms in total. The molecule has 2 aliphatic rings. The lowest BCUT2D eigenvalue weighted by Crippen LogP contribution is -2.55. The zero-order chi connectivity index (χ0) is 19.6. The molecule has 0 radical (unpaired) electrons. The van der Waals surface area contributed by atoms with Crippen LogP contribution < -0.4 is 10.6 Å². The summed E-state index contributed by atoms with van der Waals surface area (Å²) in [5.74, 6) is -0.216. The van der Waals surface area contributed by atoms with Gasteiger partial charge in [0, 0.05) is 23.1 Å².